The molecule has 138 valence electrons. The zero-order valence-electron chi connectivity index (χ0n) is 15.0. The Morgan fingerprint density at radius 1 is 1.28 bits per heavy atom. The Morgan fingerprint density at radius 2 is 1.88 bits per heavy atom. The van der Waals surface area contributed by atoms with Gasteiger partial charge in [0.15, 0.2) is 0 Å². The lowest BCUT2D eigenvalue weighted by molar-refractivity contribution is -0.117. The molecule has 0 radical (unpaired) electrons. The standard InChI is InChI=1S/C17H25N3O4S/c1-9-5-10(2)7-20(6-9)8-12(21)19-16-13(17(23)24-4)11(3)14(25-16)15(18)22/h9-10H,5-8H2,1-4H3,(H2,18,22)(H,19,21)/t9-,10+. The number of hydrogen-bond acceptors (Lipinski definition) is 6. The predicted molar refractivity (Wildman–Crippen MR) is 96.9 cm³/mol. The van der Waals surface area contributed by atoms with Crippen molar-refractivity contribution in [3.63, 3.8) is 0 Å². The van der Waals surface area contributed by atoms with Crippen LogP contribution in [0.3, 0.4) is 0 Å². The Hall–Kier alpha value is -1.93. The summed E-state index contributed by atoms with van der Waals surface area (Å²) < 4.78 is 4.76. The first-order valence-electron chi connectivity index (χ1n) is 8.26. The summed E-state index contributed by atoms with van der Waals surface area (Å²) >= 11 is 1.00. The molecular weight excluding hydrogens is 342 g/mol. The summed E-state index contributed by atoms with van der Waals surface area (Å²) in [5.41, 5.74) is 5.97. The maximum atomic E-state index is 12.4. The van der Waals surface area contributed by atoms with Crippen LogP contribution in [-0.4, -0.2) is 49.4 Å². The Morgan fingerprint density at radius 3 is 2.40 bits per heavy atom. The van der Waals surface area contributed by atoms with Crippen molar-refractivity contribution in [2.24, 2.45) is 17.6 Å². The molecule has 1 aromatic heterocycles. The van der Waals surface area contributed by atoms with Crippen molar-refractivity contribution in [2.45, 2.75) is 27.2 Å². The number of primary amides is 1. The number of thiophene rings is 1. The third-order valence-electron chi connectivity index (χ3n) is 4.32. The number of anilines is 1. The molecular formula is C17H25N3O4S. The third-order valence-corrected chi connectivity index (χ3v) is 5.55. The van der Waals surface area contributed by atoms with Gasteiger partial charge in [0.05, 0.1) is 24.1 Å². The lowest BCUT2D eigenvalue weighted by Crippen LogP contribution is -2.42. The van der Waals surface area contributed by atoms with Crippen LogP contribution in [0.25, 0.3) is 0 Å². The van der Waals surface area contributed by atoms with E-state index in [1.807, 2.05) is 0 Å². The van der Waals surface area contributed by atoms with Gasteiger partial charge in [-0.25, -0.2) is 4.79 Å². The quantitative estimate of drug-likeness (QED) is 0.774. The Kier molecular flexibility index (Phi) is 6.18. The van der Waals surface area contributed by atoms with E-state index in [0.29, 0.717) is 22.4 Å². The molecule has 0 unspecified atom stereocenters. The maximum Gasteiger partial charge on any atom is 0.341 e. The van der Waals surface area contributed by atoms with Crippen LogP contribution in [0.5, 0.6) is 0 Å². The number of nitrogens with one attached hydrogen (secondary N) is 1. The van der Waals surface area contributed by atoms with Gasteiger partial charge in [-0.05, 0) is 30.7 Å². The molecule has 25 heavy (non-hydrogen) atoms. The highest BCUT2D eigenvalue weighted by Gasteiger charge is 2.27. The van der Waals surface area contributed by atoms with Crippen LogP contribution in [-0.2, 0) is 9.53 Å². The van der Waals surface area contributed by atoms with Gasteiger partial charge >= 0.3 is 5.97 Å². The highest BCUT2D eigenvalue weighted by molar-refractivity contribution is 7.18. The van der Waals surface area contributed by atoms with Gasteiger partial charge in [-0.15, -0.1) is 11.3 Å². The molecule has 8 heteroatoms. The fraction of sp³-hybridized carbons (Fsp3) is 0.588. The molecule has 1 saturated heterocycles. The van der Waals surface area contributed by atoms with E-state index in [-0.39, 0.29) is 22.9 Å². The number of carbonyl (C=O) groups is 3. The van der Waals surface area contributed by atoms with Crippen LogP contribution in [0.2, 0.25) is 0 Å². The molecule has 2 amide bonds. The molecule has 0 spiro atoms. The lowest BCUT2D eigenvalue weighted by atomic mass is 9.92. The number of piperidine rings is 1. The van der Waals surface area contributed by atoms with Gasteiger partial charge in [-0.1, -0.05) is 13.8 Å². The van der Waals surface area contributed by atoms with Crippen molar-refractivity contribution in [3.05, 3.63) is 16.0 Å². The summed E-state index contributed by atoms with van der Waals surface area (Å²) in [7, 11) is 1.26. The van der Waals surface area contributed by atoms with E-state index in [0.717, 1.165) is 30.8 Å². The van der Waals surface area contributed by atoms with Gasteiger partial charge < -0.3 is 15.8 Å². The molecule has 2 atom stereocenters. The second-order valence-corrected chi connectivity index (χ2v) is 7.83. The number of amides is 2. The average molecular weight is 367 g/mol. The first-order chi connectivity index (χ1) is 11.7. The molecule has 1 fully saturated rings. The maximum absolute atomic E-state index is 12.4. The lowest BCUT2D eigenvalue weighted by Gasteiger charge is -2.34. The summed E-state index contributed by atoms with van der Waals surface area (Å²) in [6.07, 6.45) is 1.16. The molecule has 0 saturated carbocycles. The predicted octanol–water partition coefficient (Wildman–Crippen LogP) is 1.86. The minimum atomic E-state index is -0.633. The van der Waals surface area contributed by atoms with Gasteiger partial charge in [0.2, 0.25) is 5.91 Å². The fourth-order valence-corrected chi connectivity index (χ4v) is 4.54. The number of ether oxygens (including phenoxy) is 1. The minimum absolute atomic E-state index is 0.190. The normalized spacial score (nSPS) is 21.0. The van der Waals surface area contributed by atoms with Crippen LogP contribution < -0.4 is 11.1 Å². The monoisotopic (exact) mass is 367 g/mol. The number of nitrogens with zero attached hydrogens (tertiary/aromatic N) is 1. The van der Waals surface area contributed by atoms with Crippen molar-refractivity contribution >= 4 is 34.1 Å². The van der Waals surface area contributed by atoms with E-state index in [4.69, 9.17) is 10.5 Å². The van der Waals surface area contributed by atoms with Crippen molar-refractivity contribution in [2.75, 3.05) is 32.1 Å². The summed E-state index contributed by atoms with van der Waals surface area (Å²) in [6.45, 7) is 7.97. The van der Waals surface area contributed by atoms with E-state index in [1.165, 1.54) is 7.11 Å². The highest BCUT2D eigenvalue weighted by atomic mass is 32.1. The van der Waals surface area contributed by atoms with Gasteiger partial charge in [0.25, 0.3) is 5.91 Å². The minimum Gasteiger partial charge on any atom is -0.465 e. The molecule has 1 aliphatic rings. The number of carbonyl (C=O) groups excluding carboxylic acids is 3. The van der Waals surface area contributed by atoms with Crippen LogP contribution in [0, 0.1) is 18.8 Å². The average Bonchev–Trinajstić information content (AvgIpc) is 2.81. The molecule has 2 rings (SSSR count). The molecule has 1 aliphatic heterocycles. The molecule has 0 aromatic carbocycles. The zero-order valence-corrected chi connectivity index (χ0v) is 15.9. The summed E-state index contributed by atoms with van der Waals surface area (Å²) in [5.74, 6) is -0.354. The first kappa shape index (κ1) is 19.4. The van der Waals surface area contributed by atoms with Crippen molar-refractivity contribution in [1.29, 1.82) is 0 Å². The molecule has 2 heterocycles. The smallest absolute Gasteiger partial charge is 0.341 e. The van der Waals surface area contributed by atoms with Crippen LogP contribution in [0.1, 0.15) is 45.9 Å². The molecule has 0 bridgehead atoms. The van der Waals surface area contributed by atoms with Crippen LogP contribution >= 0.6 is 11.3 Å². The van der Waals surface area contributed by atoms with E-state index < -0.39 is 11.9 Å². The largest absolute Gasteiger partial charge is 0.465 e. The fourth-order valence-electron chi connectivity index (χ4n) is 3.47. The van der Waals surface area contributed by atoms with E-state index in [9.17, 15) is 14.4 Å². The SMILES string of the molecule is COC(=O)c1c(NC(=O)CN2C[C@H](C)C[C@H](C)C2)sc(C(N)=O)c1C. The van der Waals surface area contributed by atoms with Gasteiger partial charge in [0, 0.05) is 13.1 Å². The van der Waals surface area contributed by atoms with Crippen molar-refractivity contribution < 1.29 is 19.1 Å². The second kappa shape index (κ2) is 7.97. The number of likely N-dealkylation sites (tertiary alicyclic amines) is 1. The van der Waals surface area contributed by atoms with E-state index in [1.54, 1.807) is 6.92 Å². The summed E-state index contributed by atoms with van der Waals surface area (Å²) in [4.78, 5) is 38.3. The number of nitrogens with two attached hydrogens (primary N) is 1. The first-order valence-corrected chi connectivity index (χ1v) is 9.08. The molecule has 7 nitrogen and oxygen atoms in total. The topological polar surface area (TPSA) is 102 Å². The van der Waals surface area contributed by atoms with E-state index >= 15 is 0 Å². The Bertz CT molecular complexity index is 676. The van der Waals surface area contributed by atoms with Gasteiger partial charge in [-0.2, -0.15) is 0 Å². The summed E-state index contributed by atoms with van der Waals surface area (Å²) in [5, 5.41) is 3.05. The van der Waals surface area contributed by atoms with Gasteiger partial charge in [0.1, 0.15) is 5.00 Å². The van der Waals surface area contributed by atoms with E-state index in [2.05, 4.69) is 24.1 Å². The zero-order chi connectivity index (χ0) is 18.7. The molecule has 0 aliphatic carbocycles. The number of methoxy groups -OCH3 is 1. The number of hydrogen-bond donors (Lipinski definition) is 2. The van der Waals surface area contributed by atoms with Crippen LogP contribution in [0.4, 0.5) is 5.00 Å². The molecule has 3 N–H and O–H groups in total. The van der Waals surface area contributed by atoms with Gasteiger partial charge in [-0.3, -0.25) is 14.5 Å². The Balaban J connectivity index is 2.15. The number of rotatable bonds is 5. The number of esters is 1. The van der Waals surface area contributed by atoms with Crippen molar-refractivity contribution in [3.8, 4) is 0 Å². The Labute approximate surface area is 151 Å². The molecule has 1 aromatic rings. The third kappa shape index (κ3) is 4.58. The second-order valence-electron chi connectivity index (χ2n) is 6.80. The summed E-state index contributed by atoms with van der Waals surface area (Å²) in [6, 6.07) is 0. The van der Waals surface area contributed by atoms with Crippen LogP contribution in [0.15, 0.2) is 0 Å². The highest BCUT2D eigenvalue weighted by Crippen LogP contribution is 2.33. The van der Waals surface area contributed by atoms with Crippen molar-refractivity contribution in [1.82, 2.24) is 4.90 Å².